The van der Waals surface area contributed by atoms with Crippen molar-refractivity contribution in [1.82, 2.24) is 40.4 Å². The molecule has 336 valence electrons. The van der Waals surface area contributed by atoms with E-state index in [1.807, 2.05) is 62.1 Å². The van der Waals surface area contributed by atoms with Gasteiger partial charge in [0.1, 0.15) is 29.3 Å². The van der Waals surface area contributed by atoms with Crippen LogP contribution in [0.15, 0.2) is 88.2 Å². The van der Waals surface area contributed by atoms with Crippen molar-refractivity contribution in [2.45, 2.75) is 70.2 Å². The number of rotatable bonds is 11. The van der Waals surface area contributed by atoms with Crippen LogP contribution in [-0.4, -0.2) is 98.3 Å². The lowest BCUT2D eigenvalue weighted by Crippen LogP contribution is -2.52. The lowest BCUT2D eigenvalue weighted by molar-refractivity contribution is -0.137. The lowest BCUT2D eigenvalue weighted by atomic mass is 10.0. The number of amides is 4. The van der Waals surface area contributed by atoms with E-state index in [0.29, 0.717) is 76.3 Å². The molecule has 0 bridgehead atoms. The summed E-state index contributed by atoms with van der Waals surface area (Å²) in [5, 5.41) is 18.3. The highest BCUT2D eigenvalue weighted by Gasteiger charge is 2.43. The highest BCUT2D eigenvalue weighted by Crippen LogP contribution is 2.40. The van der Waals surface area contributed by atoms with Crippen LogP contribution in [0.2, 0.25) is 0 Å². The highest BCUT2D eigenvalue weighted by atomic mass is 16.5. The molecule has 3 aromatic heterocycles. The number of carboxylic acid groups (broad SMARTS) is 1. The molecule has 7 aromatic rings. The van der Waals surface area contributed by atoms with E-state index in [1.54, 1.807) is 54.6 Å². The Hall–Kier alpha value is -7.27. The van der Waals surface area contributed by atoms with Crippen LogP contribution in [0, 0.1) is 11.8 Å². The summed E-state index contributed by atoms with van der Waals surface area (Å²) in [6.07, 6.45) is 1.68. The fraction of sp³-hybridized carbons (Fsp3) is 0.354. The van der Waals surface area contributed by atoms with Gasteiger partial charge in [-0.25, -0.2) is 24.4 Å². The molecule has 2 aliphatic rings. The Kier molecular flexibility index (Phi) is 11.5. The first kappa shape index (κ1) is 43.0. The fourth-order valence-corrected chi connectivity index (χ4v) is 9.72. The van der Waals surface area contributed by atoms with Crippen molar-refractivity contribution in [3.63, 3.8) is 0 Å². The number of alkyl carbamates (subject to hydrolysis) is 1. The van der Waals surface area contributed by atoms with E-state index in [4.69, 9.17) is 23.9 Å². The molecule has 0 aliphatic carbocycles. The molecule has 5 N–H and O–H groups in total. The molecule has 0 saturated carbocycles. The molecule has 4 aromatic carbocycles. The molecule has 2 saturated heterocycles. The first-order valence-corrected chi connectivity index (χ1v) is 21.7. The zero-order chi connectivity index (χ0) is 45.7. The number of carbonyl (C=O) groups is 4. The summed E-state index contributed by atoms with van der Waals surface area (Å²) in [4.78, 5) is 85.9. The van der Waals surface area contributed by atoms with Crippen molar-refractivity contribution in [1.29, 1.82) is 0 Å². The summed E-state index contributed by atoms with van der Waals surface area (Å²) < 4.78 is 16.3. The Morgan fingerprint density at radius 2 is 1.69 bits per heavy atom. The van der Waals surface area contributed by atoms with Crippen molar-refractivity contribution in [2.24, 2.45) is 11.8 Å². The molecule has 6 atom stereocenters. The molecule has 1 unspecified atom stereocenters. The Morgan fingerprint density at radius 1 is 0.892 bits per heavy atom. The average Bonchev–Trinajstić information content (AvgIpc) is 4.13. The van der Waals surface area contributed by atoms with Crippen molar-refractivity contribution in [3.05, 3.63) is 107 Å². The van der Waals surface area contributed by atoms with Gasteiger partial charge in [-0.3, -0.25) is 9.59 Å². The van der Waals surface area contributed by atoms with E-state index < -0.39 is 41.8 Å². The van der Waals surface area contributed by atoms with Gasteiger partial charge in [-0.15, -0.1) is 0 Å². The molecule has 4 amide bonds. The molecule has 2 fully saturated rings. The number of benzene rings is 4. The standard InChI is InChI=1S/C48H50N8O9/c1-24(2)39(54-48(62)64-5)45(58)56-25(3)11-16-36(56)43-50-34-15-13-28-18-32-30-14-12-29(19-33(30)46(59)65-38(32)20-31(28)41(34)52-43)35-21-49-42(51-35)37-17-26(23-63-4)22-55(37)44(57)40(53-47(60)61)27-9-7-6-8-10-27/h6-10,12-15,18-21,24-26,36-37,39-40,53H,11,16-17,22-23H2,1-5H3,(H,49,51)(H,50,52)(H,54,62)(H,60,61)/t25-,26?,36-,37-,39-,40+/m0/s1. The highest BCUT2D eigenvalue weighted by molar-refractivity contribution is 6.14. The van der Waals surface area contributed by atoms with E-state index in [2.05, 4.69) is 20.6 Å². The Bertz CT molecular complexity index is 3030. The predicted octanol–water partition coefficient (Wildman–Crippen LogP) is 7.34. The molecule has 65 heavy (non-hydrogen) atoms. The normalized spacial score (nSPS) is 19.7. The maximum absolute atomic E-state index is 14.1. The van der Waals surface area contributed by atoms with Crippen LogP contribution in [0.1, 0.15) is 75.4 Å². The van der Waals surface area contributed by atoms with Crippen LogP contribution in [-0.2, 0) is 19.1 Å². The lowest BCUT2D eigenvalue weighted by Gasteiger charge is -2.32. The topological polar surface area (TPSA) is 225 Å². The Balaban J connectivity index is 1.02. The SMILES string of the molecule is COCC1C[C@@H](c2ncc(-c3ccc4c(c3)c(=O)oc3cc5c(ccc6nc([C@@H]7CC[C@H](C)N7C(=O)[C@@H](NC(=O)OC)C(C)C)[nH]c65)cc34)[nH]2)N(C(=O)[C@H](NC(=O)O)c2ccccc2)C1. The van der Waals surface area contributed by atoms with E-state index >= 15 is 0 Å². The number of H-pyrrole nitrogens is 2. The van der Waals surface area contributed by atoms with Crippen molar-refractivity contribution in [3.8, 4) is 11.3 Å². The maximum Gasteiger partial charge on any atom is 0.407 e. The number of fused-ring (bicyclic) bond motifs is 6. The summed E-state index contributed by atoms with van der Waals surface area (Å²) in [6, 6.07) is 19.2. The van der Waals surface area contributed by atoms with E-state index in [-0.39, 0.29) is 29.8 Å². The van der Waals surface area contributed by atoms with Gasteiger partial charge in [-0.2, -0.15) is 0 Å². The summed E-state index contributed by atoms with van der Waals surface area (Å²) in [5.74, 6) is 0.374. The number of carbonyl (C=O) groups excluding carboxylic acids is 3. The molecule has 2 aliphatic heterocycles. The summed E-state index contributed by atoms with van der Waals surface area (Å²) in [7, 11) is 2.88. The Labute approximate surface area is 372 Å². The number of imidazole rings is 2. The second kappa shape index (κ2) is 17.4. The van der Waals surface area contributed by atoms with Crippen molar-refractivity contribution in [2.75, 3.05) is 27.4 Å². The number of methoxy groups -OCH3 is 2. The fourth-order valence-electron chi connectivity index (χ4n) is 9.72. The molecule has 9 rings (SSSR count). The van der Waals surface area contributed by atoms with Crippen LogP contribution >= 0.6 is 0 Å². The second-order valence-corrected chi connectivity index (χ2v) is 17.4. The summed E-state index contributed by atoms with van der Waals surface area (Å²) in [6.45, 7) is 6.51. The molecule has 0 radical (unpaired) electrons. The van der Waals surface area contributed by atoms with Gasteiger partial charge in [0.2, 0.25) is 5.91 Å². The number of likely N-dealkylation sites (tertiary alicyclic amines) is 2. The van der Waals surface area contributed by atoms with Gasteiger partial charge < -0.3 is 49.4 Å². The number of hydrogen-bond acceptors (Lipinski definition) is 10. The average molecular weight is 883 g/mol. The van der Waals surface area contributed by atoms with Crippen LogP contribution in [0.3, 0.4) is 0 Å². The second-order valence-electron chi connectivity index (χ2n) is 17.4. The number of nitrogens with one attached hydrogen (secondary N) is 4. The van der Waals surface area contributed by atoms with Gasteiger partial charge in [0.05, 0.1) is 54.1 Å². The maximum atomic E-state index is 14.1. The third-order valence-corrected chi connectivity index (χ3v) is 12.9. The van der Waals surface area contributed by atoms with E-state index in [0.717, 1.165) is 28.1 Å². The smallest absolute Gasteiger partial charge is 0.407 e. The number of ether oxygens (including phenoxy) is 2. The van der Waals surface area contributed by atoms with Crippen LogP contribution in [0.5, 0.6) is 0 Å². The third-order valence-electron chi connectivity index (χ3n) is 12.9. The van der Waals surface area contributed by atoms with Crippen LogP contribution < -0.4 is 16.3 Å². The van der Waals surface area contributed by atoms with Gasteiger partial charge in [0.25, 0.3) is 5.91 Å². The van der Waals surface area contributed by atoms with Crippen molar-refractivity contribution >= 4 is 67.5 Å². The number of hydrogen-bond donors (Lipinski definition) is 5. The van der Waals surface area contributed by atoms with Gasteiger partial charge in [-0.05, 0) is 72.7 Å². The van der Waals surface area contributed by atoms with Gasteiger partial charge in [0, 0.05) is 42.0 Å². The summed E-state index contributed by atoms with van der Waals surface area (Å²) in [5.41, 5.74) is 3.16. The molecule has 17 heteroatoms. The minimum absolute atomic E-state index is 0.0113. The zero-order valence-corrected chi connectivity index (χ0v) is 36.6. The number of aromatic nitrogens is 4. The van der Waals surface area contributed by atoms with E-state index in [1.165, 1.54) is 7.11 Å². The number of nitrogens with zero attached hydrogens (tertiary/aromatic N) is 4. The largest absolute Gasteiger partial charge is 0.465 e. The quantitative estimate of drug-likeness (QED) is 0.0491. The minimum Gasteiger partial charge on any atom is -0.465 e. The summed E-state index contributed by atoms with van der Waals surface area (Å²) >= 11 is 0. The first-order chi connectivity index (χ1) is 31.3. The zero-order valence-electron chi connectivity index (χ0n) is 36.6. The molecular weight excluding hydrogens is 833 g/mol. The molecule has 0 spiro atoms. The third kappa shape index (κ3) is 8.00. The monoisotopic (exact) mass is 882 g/mol. The Morgan fingerprint density at radius 3 is 2.43 bits per heavy atom. The first-order valence-electron chi connectivity index (χ1n) is 21.7. The van der Waals surface area contributed by atoms with E-state index in [9.17, 15) is 29.1 Å². The van der Waals surface area contributed by atoms with Crippen molar-refractivity contribution < 1.29 is 38.2 Å². The number of aromatic amines is 2. The molecule has 5 heterocycles. The van der Waals surface area contributed by atoms with Gasteiger partial charge in [-0.1, -0.05) is 62.4 Å². The minimum atomic E-state index is -1.31. The van der Waals surface area contributed by atoms with Gasteiger partial charge in [0.15, 0.2) is 0 Å². The molecular formula is C48H50N8O9. The van der Waals surface area contributed by atoms with Crippen LogP contribution in [0.4, 0.5) is 9.59 Å². The molecule has 17 nitrogen and oxygen atoms in total. The van der Waals surface area contributed by atoms with Gasteiger partial charge >= 0.3 is 17.8 Å². The van der Waals surface area contributed by atoms with Crippen LogP contribution in [0.25, 0.3) is 54.8 Å². The predicted molar refractivity (Wildman–Crippen MR) is 242 cm³/mol.